The number of oxazole rings is 1. The predicted octanol–water partition coefficient (Wildman–Crippen LogP) is 5.63. The Labute approximate surface area is 210 Å². The monoisotopic (exact) mass is 490 g/mol. The molecule has 0 bridgehead atoms. The summed E-state index contributed by atoms with van der Waals surface area (Å²) < 4.78 is 33.6. The van der Waals surface area contributed by atoms with E-state index in [0.717, 1.165) is 33.9 Å². The highest BCUT2D eigenvalue weighted by Crippen LogP contribution is 2.40. The maximum atomic E-state index is 14.0. The number of carbonyl (C=O) groups is 1. The molecule has 0 fully saturated rings. The van der Waals surface area contributed by atoms with E-state index in [2.05, 4.69) is 24.2 Å². The molecule has 5 rings (SSSR count). The maximum Gasteiger partial charge on any atom is 0.279 e. The number of amides is 1. The van der Waals surface area contributed by atoms with Crippen molar-refractivity contribution in [1.82, 2.24) is 9.88 Å². The quantitative estimate of drug-likeness (QED) is 0.445. The van der Waals surface area contributed by atoms with Crippen molar-refractivity contribution < 1.29 is 22.5 Å². The molecule has 0 N–H and O–H groups in total. The Morgan fingerprint density at radius 1 is 1.14 bits per heavy atom. The number of fused-ring (bicyclic) bond motifs is 1. The molecule has 2 aliphatic rings. The van der Waals surface area contributed by atoms with E-state index < -0.39 is 0 Å². The van der Waals surface area contributed by atoms with Gasteiger partial charge >= 0.3 is 0 Å². The van der Waals surface area contributed by atoms with Gasteiger partial charge < -0.3 is 9.32 Å². The standard InChI is InChI=1S/C29H30F2N3O2/c1-18-14-27(21-5-8-23(30)9-6-21)34(4,16-24(18)22-7-10-25(31)19(2)13-22)17-29(35)33-12-11-26-28(15-33)36-20(3)32-26/h5-10,13-14,16,18H,11-12,15,17H2,1-4H3/q+1. The minimum Gasteiger partial charge on any atom is -0.444 e. The van der Waals surface area contributed by atoms with Gasteiger partial charge in [0.25, 0.3) is 5.91 Å². The normalized spacial score (nSPS) is 21.6. The van der Waals surface area contributed by atoms with E-state index >= 15 is 0 Å². The molecule has 0 saturated heterocycles. The second-order valence-corrected chi connectivity index (χ2v) is 9.99. The van der Waals surface area contributed by atoms with E-state index in [1.165, 1.54) is 18.2 Å². The number of hydrogen-bond acceptors (Lipinski definition) is 3. The minimum atomic E-state index is -0.307. The van der Waals surface area contributed by atoms with Crippen molar-refractivity contribution in [2.75, 3.05) is 20.1 Å². The van der Waals surface area contributed by atoms with Gasteiger partial charge in [-0.2, -0.15) is 0 Å². The third kappa shape index (κ3) is 4.51. The lowest BCUT2D eigenvalue weighted by atomic mass is 9.88. The molecule has 3 aromatic rings. The molecule has 2 aromatic carbocycles. The Morgan fingerprint density at radius 2 is 1.86 bits per heavy atom. The average Bonchev–Trinajstić information content (AvgIpc) is 3.22. The molecule has 186 valence electrons. The van der Waals surface area contributed by atoms with Crippen LogP contribution in [0.2, 0.25) is 0 Å². The number of allylic oxidation sites excluding steroid dienone is 2. The fraction of sp³-hybridized carbons (Fsp3) is 0.310. The number of aryl methyl sites for hydroxylation is 2. The van der Waals surface area contributed by atoms with E-state index in [9.17, 15) is 13.6 Å². The second-order valence-electron chi connectivity index (χ2n) is 9.99. The SMILES string of the molecule is Cc1nc2c(o1)CN(C(=O)C[N+]1(C)C=C(c3ccc(F)c(C)c3)C(C)C=C1c1ccc(F)cc1)CC2. The summed E-state index contributed by atoms with van der Waals surface area (Å²) in [5.41, 5.74) is 5.22. The molecule has 2 atom stereocenters. The fourth-order valence-electron chi connectivity index (χ4n) is 5.21. The van der Waals surface area contributed by atoms with Crippen molar-refractivity contribution in [2.45, 2.75) is 33.7 Å². The van der Waals surface area contributed by atoms with E-state index in [0.29, 0.717) is 31.0 Å². The van der Waals surface area contributed by atoms with Crippen LogP contribution >= 0.6 is 0 Å². The van der Waals surface area contributed by atoms with Crippen LogP contribution in [0.15, 0.2) is 59.2 Å². The highest BCUT2D eigenvalue weighted by atomic mass is 19.1. The maximum absolute atomic E-state index is 14.0. The van der Waals surface area contributed by atoms with Gasteiger partial charge in [-0.15, -0.1) is 0 Å². The van der Waals surface area contributed by atoms with Gasteiger partial charge in [0.2, 0.25) is 0 Å². The van der Waals surface area contributed by atoms with Gasteiger partial charge in [0, 0.05) is 36.9 Å². The molecular formula is C29H30F2N3O2+. The predicted molar refractivity (Wildman–Crippen MR) is 134 cm³/mol. The van der Waals surface area contributed by atoms with Gasteiger partial charge in [0.15, 0.2) is 12.4 Å². The Morgan fingerprint density at radius 3 is 2.58 bits per heavy atom. The largest absolute Gasteiger partial charge is 0.444 e. The third-order valence-electron chi connectivity index (χ3n) is 7.16. The molecular weight excluding hydrogens is 460 g/mol. The lowest BCUT2D eigenvalue weighted by Gasteiger charge is -2.38. The van der Waals surface area contributed by atoms with Gasteiger partial charge in [0.1, 0.15) is 29.3 Å². The molecule has 2 unspecified atom stereocenters. The number of benzene rings is 2. The molecule has 0 aliphatic carbocycles. The molecule has 1 amide bonds. The van der Waals surface area contributed by atoms with Crippen LogP contribution in [0.3, 0.4) is 0 Å². The van der Waals surface area contributed by atoms with E-state index in [1.807, 2.05) is 24.9 Å². The van der Waals surface area contributed by atoms with Crippen LogP contribution in [0.4, 0.5) is 8.78 Å². The average molecular weight is 491 g/mol. The number of nitrogens with zero attached hydrogens (tertiary/aromatic N) is 3. The van der Waals surface area contributed by atoms with Crippen LogP contribution in [-0.2, 0) is 17.8 Å². The van der Waals surface area contributed by atoms with Crippen LogP contribution in [-0.4, -0.2) is 40.4 Å². The first kappa shape index (κ1) is 24.1. The Kier molecular flexibility index (Phi) is 6.12. The summed E-state index contributed by atoms with van der Waals surface area (Å²) >= 11 is 0. The summed E-state index contributed by atoms with van der Waals surface area (Å²) in [6.45, 7) is 6.81. The zero-order valence-electron chi connectivity index (χ0n) is 21.0. The van der Waals surface area contributed by atoms with Crippen LogP contribution in [0.5, 0.6) is 0 Å². The first-order valence-corrected chi connectivity index (χ1v) is 12.2. The highest BCUT2D eigenvalue weighted by Gasteiger charge is 2.38. The second kappa shape index (κ2) is 9.13. The number of aromatic nitrogens is 1. The number of likely N-dealkylation sites (N-methyl/N-ethyl adjacent to an activating group) is 1. The number of carbonyl (C=O) groups excluding carboxylic acids is 1. The topological polar surface area (TPSA) is 46.3 Å². The highest BCUT2D eigenvalue weighted by molar-refractivity contribution is 5.80. The molecule has 2 aliphatic heterocycles. The number of rotatable bonds is 4. The van der Waals surface area contributed by atoms with Gasteiger partial charge in [-0.05, 0) is 60.5 Å². The van der Waals surface area contributed by atoms with E-state index in [1.54, 1.807) is 25.1 Å². The molecule has 36 heavy (non-hydrogen) atoms. The van der Waals surface area contributed by atoms with Crippen LogP contribution < -0.4 is 0 Å². The first-order valence-electron chi connectivity index (χ1n) is 12.2. The Hall–Kier alpha value is -3.58. The molecule has 0 spiro atoms. The third-order valence-corrected chi connectivity index (χ3v) is 7.16. The number of halogens is 2. The van der Waals surface area contributed by atoms with Crippen molar-refractivity contribution in [3.05, 3.63) is 100 Å². The summed E-state index contributed by atoms with van der Waals surface area (Å²) in [5, 5.41) is 0. The lowest BCUT2D eigenvalue weighted by Crippen LogP contribution is -2.49. The molecule has 5 nitrogen and oxygen atoms in total. The molecule has 1 aromatic heterocycles. The van der Waals surface area contributed by atoms with Crippen LogP contribution in [0, 0.1) is 31.4 Å². The molecule has 7 heteroatoms. The van der Waals surface area contributed by atoms with Crippen LogP contribution in [0.1, 0.15) is 41.0 Å². The molecule has 3 heterocycles. The Bertz CT molecular complexity index is 1390. The van der Waals surface area contributed by atoms with Gasteiger partial charge in [-0.25, -0.2) is 13.8 Å². The fourth-order valence-corrected chi connectivity index (χ4v) is 5.21. The zero-order valence-corrected chi connectivity index (χ0v) is 21.0. The van der Waals surface area contributed by atoms with Gasteiger partial charge in [-0.3, -0.25) is 9.28 Å². The first-order chi connectivity index (χ1) is 17.1. The molecule has 0 radical (unpaired) electrons. The summed E-state index contributed by atoms with van der Waals surface area (Å²) in [6.07, 6.45) is 4.88. The van der Waals surface area contributed by atoms with Crippen LogP contribution in [0.25, 0.3) is 11.3 Å². The van der Waals surface area contributed by atoms with Crippen molar-refractivity contribution in [3.63, 3.8) is 0 Å². The summed E-state index contributed by atoms with van der Waals surface area (Å²) in [7, 11) is 1.99. The zero-order chi connectivity index (χ0) is 25.6. The van der Waals surface area contributed by atoms with Crippen molar-refractivity contribution in [3.8, 4) is 0 Å². The Balaban J connectivity index is 1.51. The van der Waals surface area contributed by atoms with Gasteiger partial charge in [-0.1, -0.05) is 13.0 Å². The van der Waals surface area contributed by atoms with Crippen molar-refractivity contribution in [1.29, 1.82) is 0 Å². The summed E-state index contributed by atoms with van der Waals surface area (Å²) in [6, 6.07) is 11.5. The lowest BCUT2D eigenvalue weighted by molar-refractivity contribution is -0.777. The summed E-state index contributed by atoms with van der Waals surface area (Å²) in [4.78, 5) is 19.9. The number of hydrogen-bond donors (Lipinski definition) is 0. The van der Waals surface area contributed by atoms with Gasteiger partial charge in [0.05, 0.1) is 19.3 Å². The number of quaternary nitrogens is 1. The van der Waals surface area contributed by atoms with E-state index in [4.69, 9.17) is 4.42 Å². The van der Waals surface area contributed by atoms with E-state index in [-0.39, 0.29) is 34.5 Å². The smallest absolute Gasteiger partial charge is 0.279 e. The summed E-state index contributed by atoms with van der Waals surface area (Å²) in [5.74, 6) is 0.816. The minimum absolute atomic E-state index is 0.00865. The molecule has 0 saturated carbocycles. The van der Waals surface area contributed by atoms with Crippen molar-refractivity contribution in [2.24, 2.45) is 5.92 Å². The van der Waals surface area contributed by atoms with Crippen molar-refractivity contribution >= 4 is 17.2 Å².